The molecule has 180 valence electrons. The highest BCUT2D eigenvalue weighted by molar-refractivity contribution is 8.01. The first-order valence-corrected chi connectivity index (χ1v) is 13.5. The van der Waals surface area contributed by atoms with Gasteiger partial charge in [-0.05, 0) is 17.0 Å². The van der Waals surface area contributed by atoms with E-state index >= 15 is 0 Å². The highest BCUT2D eigenvalue weighted by Crippen LogP contribution is 2.42. The Balaban J connectivity index is 1.47. The number of thiophene rings is 1. The summed E-state index contributed by atoms with van der Waals surface area (Å²) in [4.78, 5) is 38.6. The molecule has 0 aliphatic carbocycles. The number of fused-ring (bicyclic) bond motifs is 1. The van der Waals surface area contributed by atoms with Crippen LogP contribution in [0.5, 0.6) is 0 Å². The summed E-state index contributed by atoms with van der Waals surface area (Å²) in [6.07, 6.45) is -4.62. The Labute approximate surface area is 208 Å². The van der Waals surface area contributed by atoms with Crippen LogP contribution in [0.25, 0.3) is 0 Å². The second kappa shape index (κ2) is 9.80. The number of alkyl halides is 3. The fourth-order valence-electron chi connectivity index (χ4n) is 3.13. The van der Waals surface area contributed by atoms with Crippen molar-refractivity contribution in [3.8, 4) is 0 Å². The van der Waals surface area contributed by atoms with Crippen molar-refractivity contribution in [3.63, 3.8) is 0 Å². The van der Waals surface area contributed by atoms with Crippen LogP contribution in [0.15, 0.2) is 33.1 Å². The monoisotopic (exact) mass is 568 g/mol. The zero-order chi connectivity index (χ0) is 24.6. The molecule has 1 fully saturated rings. The third-order valence-corrected chi connectivity index (χ3v) is 9.71. The lowest BCUT2D eigenvalue weighted by Crippen LogP contribution is -2.71. The standard InChI is InChI=1S/C17H11F3N4O5S5/c18-17(19,20)15-22-23-16(33-15)32-5-6-4-31-13-8(12(26)24(13)9(6)14(27)28)21-11(25)10(34-29)7-2-1-3-30-7/h1-3,8,13H,4-5H2,(H,21,25)(H,27,28)/t8?,13-/m1/s1. The zero-order valence-electron chi connectivity index (χ0n) is 16.4. The molecule has 2 N–H and O–H groups in total. The molecule has 2 aromatic rings. The quantitative estimate of drug-likeness (QED) is 0.223. The first kappa shape index (κ1) is 24.9. The van der Waals surface area contributed by atoms with Crippen LogP contribution in [-0.2, 0) is 31.8 Å². The van der Waals surface area contributed by atoms with E-state index in [1.54, 1.807) is 17.5 Å². The second-order valence-corrected chi connectivity index (χ2v) is 11.5. The number of halogens is 3. The van der Waals surface area contributed by atoms with E-state index in [-0.39, 0.29) is 37.7 Å². The molecule has 34 heavy (non-hydrogen) atoms. The van der Waals surface area contributed by atoms with E-state index in [4.69, 9.17) is 0 Å². The maximum atomic E-state index is 12.7. The van der Waals surface area contributed by atoms with Crippen molar-refractivity contribution in [1.82, 2.24) is 20.4 Å². The fourth-order valence-corrected chi connectivity index (χ4v) is 7.53. The fraction of sp³-hybridized carbons (Fsp3) is 0.294. The van der Waals surface area contributed by atoms with Gasteiger partial charge in [-0.15, -0.1) is 33.3 Å². The summed E-state index contributed by atoms with van der Waals surface area (Å²) in [6.45, 7) is 0. The minimum absolute atomic E-state index is 0.00221. The van der Waals surface area contributed by atoms with Crippen molar-refractivity contribution < 1.29 is 36.9 Å². The maximum Gasteiger partial charge on any atom is 0.445 e. The van der Waals surface area contributed by atoms with Gasteiger partial charge in [0.05, 0.1) is 4.88 Å². The molecule has 0 saturated carbocycles. The minimum Gasteiger partial charge on any atom is -0.477 e. The van der Waals surface area contributed by atoms with Gasteiger partial charge in [0, 0.05) is 11.5 Å². The van der Waals surface area contributed by atoms with Gasteiger partial charge in [0.1, 0.15) is 33.2 Å². The molecule has 0 bridgehead atoms. The van der Waals surface area contributed by atoms with E-state index in [9.17, 15) is 36.9 Å². The van der Waals surface area contributed by atoms with Crippen LogP contribution < -0.4 is 5.32 Å². The van der Waals surface area contributed by atoms with E-state index in [1.807, 2.05) is 0 Å². The Morgan fingerprint density at radius 2 is 2.09 bits per heavy atom. The van der Waals surface area contributed by atoms with Crippen LogP contribution in [0.1, 0.15) is 9.88 Å². The van der Waals surface area contributed by atoms with Crippen molar-refractivity contribution in [2.24, 2.45) is 0 Å². The molecule has 1 unspecified atom stereocenters. The average molecular weight is 569 g/mol. The molecule has 2 aliphatic heterocycles. The Morgan fingerprint density at radius 3 is 2.68 bits per heavy atom. The number of carbonyl (C=O) groups is 3. The molecule has 0 radical (unpaired) electrons. The number of carbonyl (C=O) groups excluding carboxylic acids is 2. The summed E-state index contributed by atoms with van der Waals surface area (Å²) < 4.78 is 49.5. The first-order chi connectivity index (χ1) is 16.1. The maximum absolute atomic E-state index is 12.7. The predicted molar refractivity (Wildman–Crippen MR) is 122 cm³/mol. The van der Waals surface area contributed by atoms with Crippen molar-refractivity contribution >= 4 is 80.1 Å². The van der Waals surface area contributed by atoms with Crippen LogP contribution in [0, 0.1) is 0 Å². The first-order valence-electron chi connectivity index (χ1n) is 9.06. The summed E-state index contributed by atoms with van der Waals surface area (Å²) >= 11 is 3.65. The number of aliphatic carboxylic acids is 1. The molecule has 1 saturated heterocycles. The summed E-state index contributed by atoms with van der Waals surface area (Å²) in [7, 11) is 0. The number of hydrogen-bond donors (Lipinski definition) is 2. The lowest BCUT2D eigenvalue weighted by atomic mass is 10.0. The number of aromatic nitrogens is 2. The molecule has 2 atom stereocenters. The minimum atomic E-state index is -4.62. The van der Waals surface area contributed by atoms with E-state index in [0.717, 1.165) is 16.7 Å². The van der Waals surface area contributed by atoms with E-state index < -0.39 is 40.4 Å². The Morgan fingerprint density at radius 1 is 1.32 bits per heavy atom. The largest absolute Gasteiger partial charge is 0.477 e. The van der Waals surface area contributed by atoms with E-state index in [2.05, 4.69) is 15.5 Å². The van der Waals surface area contributed by atoms with Crippen LogP contribution in [0.3, 0.4) is 0 Å². The predicted octanol–water partition coefficient (Wildman–Crippen LogP) is 1.88. The molecule has 2 aliphatic rings. The summed E-state index contributed by atoms with van der Waals surface area (Å²) in [5.74, 6) is -2.56. The van der Waals surface area contributed by atoms with Crippen molar-refractivity contribution in [2.45, 2.75) is 21.9 Å². The number of rotatable bonds is 7. The molecular formula is C17H11F3N4O5S5. The van der Waals surface area contributed by atoms with Crippen LogP contribution in [0.2, 0.25) is 0 Å². The number of thioether (sulfide) groups is 2. The topological polar surface area (TPSA) is 130 Å². The smallest absolute Gasteiger partial charge is 0.445 e. The number of carboxylic acids is 1. The van der Waals surface area contributed by atoms with Crippen molar-refractivity contribution in [2.75, 3.05) is 11.5 Å². The van der Waals surface area contributed by atoms with Gasteiger partial charge in [0.25, 0.3) is 11.8 Å². The molecule has 17 heteroatoms. The number of nitrogens with one attached hydrogen (secondary N) is 1. The molecule has 4 rings (SSSR count). The van der Waals surface area contributed by atoms with Crippen molar-refractivity contribution in [3.05, 3.63) is 38.7 Å². The van der Waals surface area contributed by atoms with Gasteiger partial charge in [-0.3, -0.25) is 14.5 Å². The normalized spacial score (nSPS) is 20.0. The Bertz CT molecular complexity index is 1240. The number of carboxylic acid groups (broad SMARTS) is 1. The number of hydrogen-bond acceptors (Lipinski definition) is 10. The lowest BCUT2D eigenvalue weighted by molar-refractivity contribution is -0.150. The average Bonchev–Trinajstić information content (AvgIpc) is 3.48. The number of nitrogens with zero attached hydrogens (tertiary/aromatic N) is 3. The van der Waals surface area contributed by atoms with E-state index in [0.29, 0.717) is 21.8 Å². The summed E-state index contributed by atoms with van der Waals surface area (Å²) in [5, 5.41) is 18.7. The van der Waals surface area contributed by atoms with Gasteiger partial charge < -0.3 is 10.4 Å². The third-order valence-electron chi connectivity index (χ3n) is 4.59. The number of amides is 2. The molecule has 0 spiro atoms. The third kappa shape index (κ3) is 4.79. The van der Waals surface area contributed by atoms with Crippen molar-refractivity contribution in [1.29, 1.82) is 0 Å². The van der Waals surface area contributed by atoms with Crippen LogP contribution in [0.4, 0.5) is 13.2 Å². The van der Waals surface area contributed by atoms with Crippen LogP contribution in [-0.4, -0.2) is 70.0 Å². The Kier molecular flexibility index (Phi) is 7.18. The molecule has 9 nitrogen and oxygen atoms in total. The molecular weight excluding hydrogens is 558 g/mol. The molecule has 2 aromatic heterocycles. The molecule has 2 amide bonds. The second-order valence-electron chi connectivity index (χ2n) is 6.67. The van der Waals surface area contributed by atoms with Gasteiger partial charge in [-0.2, -0.15) is 13.2 Å². The van der Waals surface area contributed by atoms with Gasteiger partial charge in [0.15, 0.2) is 4.34 Å². The SMILES string of the molecule is O=S=C(C(=O)NC1C(=O)N2C(C(=O)O)=C(CSc3nnc(C(F)(F)F)s3)CS[C@H]12)c1cccs1. The summed E-state index contributed by atoms with van der Waals surface area (Å²) in [5.41, 5.74) is 0.0644. The lowest BCUT2D eigenvalue weighted by Gasteiger charge is -2.49. The zero-order valence-corrected chi connectivity index (χ0v) is 20.5. The Hall–Kier alpha value is -2.21. The van der Waals surface area contributed by atoms with Gasteiger partial charge in [-0.25, -0.2) is 9.00 Å². The highest BCUT2D eigenvalue weighted by atomic mass is 32.2. The van der Waals surface area contributed by atoms with Gasteiger partial charge in [0.2, 0.25) is 5.01 Å². The highest BCUT2D eigenvalue weighted by Gasteiger charge is 2.54. The van der Waals surface area contributed by atoms with Gasteiger partial charge >= 0.3 is 12.1 Å². The van der Waals surface area contributed by atoms with E-state index in [1.165, 1.54) is 23.1 Å². The summed E-state index contributed by atoms with van der Waals surface area (Å²) in [6, 6.07) is 2.26. The molecule has 0 aromatic carbocycles. The number of β-lactam (4-membered cyclic amide) rings is 1. The molecule has 4 heterocycles. The van der Waals surface area contributed by atoms with Crippen LogP contribution >= 0.6 is 46.2 Å². The van der Waals surface area contributed by atoms with Gasteiger partial charge in [-0.1, -0.05) is 29.2 Å².